The first-order valence-corrected chi connectivity index (χ1v) is 8.37. The van der Waals surface area contributed by atoms with Gasteiger partial charge in [0.1, 0.15) is 28.8 Å². The van der Waals surface area contributed by atoms with Crippen molar-refractivity contribution in [2.24, 2.45) is 0 Å². The highest BCUT2D eigenvalue weighted by Gasteiger charge is 2.18. The van der Waals surface area contributed by atoms with Gasteiger partial charge >= 0.3 is 0 Å². The van der Waals surface area contributed by atoms with E-state index in [-0.39, 0.29) is 10.8 Å². The molecular formula is C20H14ClF2N3. The summed E-state index contributed by atoms with van der Waals surface area (Å²) in [5.41, 5.74) is 3.60. The predicted molar refractivity (Wildman–Crippen MR) is 100 cm³/mol. The van der Waals surface area contributed by atoms with Crippen molar-refractivity contribution in [3.05, 3.63) is 83.0 Å². The Kier molecular flexibility index (Phi) is 4.09. The molecule has 0 radical (unpaired) electrons. The van der Waals surface area contributed by atoms with Gasteiger partial charge in [-0.05, 0) is 61.5 Å². The molecule has 0 amide bonds. The standard InChI is InChI=1S/C20H14ClF2N3/c1-12-3-2-4-18-25-19(16-10-7-14(23)11-17(16)21)20(26(12)18)24-15-8-5-13(22)6-9-15/h2-11,24H,1H3. The van der Waals surface area contributed by atoms with Crippen LogP contribution in [0.3, 0.4) is 0 Å². The molecule has 4 aromatic rings. The fourth-order valence-corrected chi connectivity index (χ4v) is 3.17. The van der Waals surface area contributed by atoms with Crippen molar-refractivity contribution in [2.45, 2.75) is 6.92 Å². The molecule has 0 spiro atoms. The highest BCUT2D eigenvalue weighted by atomic mass is 35.5. The smallest absolute Gasteiger partial charge is 0.143 e. The average molecular weight is 370 g/mol. The Hall–Kier alpha value is -2.92. The predicted octanol–water partition coefficient (Wildman–Crippen LogP) is 5.98. The third-order valence-corrected chi connectivity index (χ3v) is 4.44. The summed E-state index contributed by atoms with van der Waals surface area (Å²) in [7, 11) is 0. The Labute approximate surface area is 153 Å². The molecule has 0 aliphatic carbocycles. The molecule has 0 aliphatic rings. The van der Waals surface area contributed by atoms with Crippen LogP contribution in [0, 0.1) is 18.6 Å². The van der Waals surface area contributed by atoms with Crippen molar-refractivity contribution >= 4 is 28.8 Å². The van der Waals surface area contributed by atoms with E-state index in [1.54, 1.807) is 18.2 Å². The largest absolute Gasteiger partial charge is 0.339 e. The van der Waals surface area contributed by atoms with E-state index in [1.165, 1.54) is 24.3 Å². The molecule has 2 aromatic carbocycles. The van der Waals surface area contributed by atoms with E-state index in [1.807, 2.05) is 29.5 Å². The number of aryl methyl sites for hydroxylation is 1. The molecule has 1 N–H and O–H groups in total. The van der Waals surface area contributed by atoms with Crippen LogP contribution in [0.15, 0.2) is 60.7 Å². The number of fused-ring (bicyclic) bond motifs is 1. The highest BCUT2D eigenvalue weighted by molar-refractivity contribution is 6.33. The van der Waals surface area contributed by atoms with Crippen LogP contribution in [0.2, 0.25) is 5.02 Å². The van der Waals surface area contributed by atoms with Gasteiger partial charge in [0.05, 0.1) is 5.02 Å². The van der Waals surface area contributed by atoms with Gasteiger partial charge in [-0.3, -0.25) is 4.40 Å². The van der Waals surface area contributed by atoms with E-state index in [9.17, 15) is 8.78 Å². The molecular weight excluding hydrogens is 356 g/mol. The lowest BCUT2D eigenvalue weighted by Crippen LogP contribution is -1.99. The van der Waals surface area contributed by atoms with Crippen LogP contribution in [0.4, 0.5) is 20.3 Å². The molecule has 3 nitrogen and oxygen atoms in total. The minimum atomic E-state index is -0.410. The molecule has 4 rings (SSSR count). The molecule has 2 aromatic heterocycles. The zero-order valence-electron chi connectivity index (χ0n) is 13.8. The molecule has 0 saturated heterocycles. The summed E-state index contributed by atoms with van der Waals surface area (Å²) in [6.07, 6.45) is 0. The summed E-state index contributed by atoms with van der Waals surface area (Å²) in [6, 6.07) is 16.0. The van der Waals surface area contributed by atoms with Crippen LogP contribution in [0.5, 0.6) is 0 Å². The third-order valence-electron chi connectivity index (χ3n) is 4.13. The zero-order chi connectivity index (χ0) is 18.3. The lowest BCUT2D eigenvalue weighted by Gasteiger charge is -2.11. The maximum atomic E-state index is 13.5. The van der Waals surface area contributed by atoms with Crippen LogP contribution in [0.25, 0.3) is 16.9 Å². The molecule has 0 bridgehead atoms. The number of halogens is 3. The highest BCUT2D eigenvalue weighted by Crippen LogP contribution is 2.36. The van der Waals surface area contributed by atoms with Crippen LogP contribution < -0.4 is 5.32 Å². The van der Waals surface area contributed by atoms with Crippen molar-refractivity contribution < 1.29 is 8.78 Å². The zero-order valence-corrected chi connectivity index (χ0v) is 14.6. The number of anilines is 2. The van der Waals surface area contributed by atoms with Crippen LogP contribution >= 0.6 is 11.6 Å². The second kappa shape index (κ2) is 6.42. The maximum absolute atomic E-state index is 13.5. The molecule has 0 unspecified atom stereocenters. The number of hydrogen-bond acceptors (Lipinski definition) is 2. The van der Waals surface area contributed by atoms with Gasteiger partial charge in [0.15, 0.2) is 0 Å². The fourth-order valence-electron chi connectivity index (χ4n) is 2.91. The van der Waals surface area contributed by atoms with Crippen molar-refractivity contribution in [1.82, 2.24) is 9.38 Å². The normalized spacial score (nSPS) is 11.1. The lowest BCUT2D eigenvalue weighted by atomic mass is 10.1. The summed E-state index contributed by atoms with van der Waals surface area (Å²) >= 11 is 6.26. The van der Waals surface area contributed by atoms with Crippen LogP contribution in [-0.4, -0.2) is 9.38 Å². The van der Waals surface area contributed by atoms with Gasteiger partial charge in [0.2, 0.25) is 0 Å². The van der Waals surface area contributed by atoms with E-state index >= 15 is 0 Å². The fraction of sp³-hybridized carbons (Fsp3) is 0.0500. The molecule has 0 atom stereocenters. The number of pyridine rings is 1. The van der Waals surface area contributed by atoms with Gasteiger partial charge < -0.3 is 5.32 Å². The minimum Gasteiger partial charge on any atom is -0.339 e. The van der Waals surface area contributed by atoms with E-state index in [0.717, 1.165) is 11.3 Å². The van der Waals surface area contributed by atoms with E-state index in [4.69, 9.17) is 11.6 Å². The van der Waals surface area contributed by atoms with Gasteiger partial charge in [0.25, 0.3) is 0 Å². The first-order chi connectivity index (χ1) is 12.5. The van der Waals surface area contributed by atoms with Crippen LogP contribution in [-0.2, 0) is 0 Å². The average Bonchev–Trinajstić information content (AvgIpc) is 2.96. The number of hydrogen-bond donors (Lipinski definition) is 1. The summed E-state index contributed by atoms with van der Waals surface area (Å²) in [6.45, 7) is 1.96. The van der Waals surface area contributed by atoms with Crippen LogP contribution in [0.1, 0.15) is 5.69 Å². The molecule has 0 saturated carbocycles. The summed E-state index contributed by atoms with van der Waals surface area (Å²) in [5.74, 6) is -0.0448. The maximum Gasteiger partial charge on any atom is 0.143 e. The Morgan fingerprint density at radius 2 is 1.69 bits per heavy atom. The third kappa shape index (κ3) is 2.91. The topological polar surface area (TPSA) is 29.3 Å². The second-order valence-electron chi connectivity index (χ2n) is 5.93. The van der Waals surface area contributed by atoms with Gasteiger partial charge in [-0.2, -0.15) is 0 Å². The molecule has 6 heteroatoms. The van der Waals surface area contributed by atoms with Crippen molar-refractivity contribution in [1.29, 1.82) is 0 Å². The monoisotopic (exact) mass is 369 g/mol. The first kappa shape index (κ1) is 16.5. The van der Waals surface area contributed by atoms with Gasteiger partial charge in [0, 0.05) is 16.9 Å². The number of nitrogens with zero attached hydrogens (tertiary/aromatic N) is 2. The minimum absolute atomic E-state index is 0.271. The number of aromatic nitrogens is 2. The lowest BCUT2D eigenvalue weighted by molar-refractivity contribution is 0.627. The van der Waals surface area contributed by atoms with E-state index in [0.29, 0.717) is 22.8 Å². The Bertz CT molecular complexity index is 1100. The second-order valence-corrected chi connectivity index (χ2v) is 6.33. The molecule has 130 valence electrons. The summed E-state index contributed by atoms with van der Waals surface area (Å²) < 4.78 is 28.6. The first-order valence-electron chi connectivity index (χ1n) is 7.99. The molecule has 0 aliphatic heterocycles. The quantitative estimate of drug-likeness (QED) is 0.481. The van der Waals surface area contributed by atoms with Gasteiger partial charge in [-0.15, -0.1) is 0 Å². The number of imidazole rings is 1. The van der Waals surface area contributed by atoms with Crippen molar-refractivity contribution in [3.63, 3.8) is 0 Å². The Morgan fingerprint density at radius 3 is 2.42 bits per heavy atom. The van der Waals surface area contributed by atoms with Crippen molar-refractivity contribution in [2.75, 3.05) is 5.32 Å². The molecule has 2 heterocycles. The van der Waals surface area contributed by atoms with E-state index < -0.39 is 5.82 Å². The summed E-state index contributed by atoms with van der Waals surface area (Å²) in [5, 5.41) is 3.56. The number of rotatable bonds is 3. The van der Waals surface area contributed by atoms with Gasteiger partial charge in [-0.25, -0.2) is 13.8 Å². The molecule has 0 fully saturated rings. The molecule has 26 heavy (non-hydrogen) atoms. The van der Waals surface area contributed by atoms with Crippen molar-refractivity contribution in [3.8, 4) is 11.3 Å². The SMILES string of the molecule is Cc1cccc2nc(-c3ccc(F)cc3Cl)c(Nc3ccc(F)cc3)n12. The Balaban J connectivity index is 1.94. The number of nitrogens with one attached hydrogen (secondary N) is 1. The summed E-state index contributed by atoms with van der Waals surface area (Å²) in [4.78, 5) is 4.67. The Morgan fingerprint density at radius 1 is 0.962 bits per heavy atom. The van der Waals surface area contributed by atoms with E-state index in [2.05, 4.69) is 10.3 Å². The number of benzene rings is 2. The van der Waals surface area contributed by atoms with Gasteiger partial charge in [-0.1, -0.05) is 17.7 Å².